The number of aryl methyl sites for hydroxylation is 1. The molecule has 1 aromatic rings. The highest BCUT2D eigenvalue weighted by Gasteiger charge is 2.13. The Kier molecular flexibility index (Phi) is 6.35. The van der Waals surface area contributed by atoms with E-state index in [1.54, 1.807) is 7.05 Å². The maximum absolute atomic E-state index is 12.0. The SMILES string of the molecule is Cc1cc(Br)ccc1NC(=O)CN(C)C(=O)/C=C/C(C)(C)C. The van der Waals surface area contributed by atoms with Gasteiger partial charge >= 0.3 is 0 Å². The summed E-state index contributed by atoms with van der Waals surface area (Å²) in [5.41, 5.74) is 1.65. The number of rotatable bonds is 4. The van der Waals surface area contributed by atoms with E-state index in [4.69, 9.17) is 0 Å². The van der Waals surface area contributed by atoms with Crippen LogP contribution in [0.5, 0.6) is 0 Å². The van der Waals surface area contributed by atoms with E-state index in [2.05, 4.69) is 21.2 Å². The molecule has 0 aromatic heterocycles. The number of halogens is 1. The first-order valence-corrected chi connectivity index (χ1v) is 7.88. The molecule has 0 heterocycles. The minimum absolute atomic E-state index is 0.0167. The minimum Gasteiger partial charge on any atom is -0.333 e. The summed E-state index contributed by atoms with van der Waals surface area (Å²) in [6.45, 7) is 7.98. The van der Waals surface area contributed by atoms with Crippen LogP contribution in [0.2, 0.25) is 0 Å². The molecule has 0 spiro atoms. The molecule has 1 aromatic carbocycles. The summed E-state index contributed by atoms with van der Waals surface area (Å²) in [5, 5.41) is 2.82. The van der Waals surface area contributed by atoms with Gasteiger partial charge in [-0.3, -0.25) is 9.59 Å². The van der Waals surface area contributed by atoms with E-state index >= 15 is 0 Å². The fourth-order valence-electron chi connectivity index (χ4n) is 1.70. The molecule has 1 rings (SSSR count). The summed E-state index contributed by atoms with van der Waals surface area (Å²) in [4.78, 5) is 25.4. The number of carbonyl (C=O) groups excluding carboxylic acids is 2. The molecular weight excluding hydrogens is 344 g/mol. The maximum Gasteiger partial charge on any atom is 0.246 e. The van der Waals surface area contributed by atoms with Crippen molar-refractivity contribution < 1.29 is 9.59 Å². The molecule has 5 heteroatoms. The van der Waals surface area contributed by atoms with Gasteiger partial charge in [-0.1, -0.05) is 42.8 Å². The first-order chi connectivity index (χ1) is 10.1. The van der Waals surface area contributed by atoms with E-state index in [1.807, 2.05) is 52.0 Å². The van der Waals surface area contributed by atoms with Crippen molar-refractivity contribution >= 4 is 33.4 Å². The van der Waals surface area contributed by atoms with Gasteiger partial charge in [-0.2, -0.15) is 0 Å². The van der Waals surface area contributed by atoms with E-state index < -0.39 is 0 Å². The third-order valence-corrected chi connectivity index (χ3v) is 3.44. The predicted molar refractivity (Wildman–Crippen MR) is 93.7 cm³/mol. The fraction of sp³-hybridized carbons (Fsp3) is 0.412. The van der Waals surface area contributed by atoms with Gasteiger partial charge < -0.3 is 10.2 Å². The molecular formula is C17H23BrN2O2. The van der Waals surface area contributed by atoms with E-state index in [0.717, 1.165) is 15.7 Å². The van der Waals surface area contributed by atoms with Crippen LogP contribution >= 0.6 is 15.9 Å². The summed E-state index contributed by atoms with van der Waals surface area (Å²) in [7, 11) is 1.61. The van der Waals surface area contributed by atoms with Gasteiger partial charge in [0.1, 0.15) is 0 Å². The Morgan fingerprint density at radius 3 is 2.50 bits per heavy atom. The smallest absolute Gasteiger partial charge is 0.246 e. The average molecular weight is 367 g/mol. The molecule has 4 nitrogen and oxygen atoms in total. The van der Waals surface area contributed by atoms with Crippen molar-refractivity contribution in [3.05, 3.63) is 40.4 Å². The molecule has 0 bridgehead atoms. The normalized spacial score (nSPS) is 11.5. The van der Waals surface area contributed by atoms with Gasteiger partial charge in [-0.05, 0) is 42.2 Å². The lowest BCUT2D eigenvalue weighted by molar-refractivity contribution is -0.129. The number of allylic oxidation sites excluding steroid dienone is 1. The first kappa shape index (κ1) is 18.4. The van der Waals surface area contributed by atoms with Gasteiger partial charge in [0.05, 0.1) is 6.54 Å². The average Bonchev–Trinajstić information content (AvgIpc) is 2.38. The number of nitrogens with one attached hydrogen (secondary N) is 1. The second-order valence-electron chi connectivity index (χ2n) is 6.40. The number of nitrogens with zero attached hydrogens (tertiary/aromatic N) is 1. The molecule has 0 saturated heterocycles. The summed E-state index contributed by atoms with van der Waals surface area (Å²) < 4.78 is 0.961. The number of likely N-dealkylation sites (N-methyl/N-ethyl adjacent to an activating group) is 1. The van der Waals surface area contributed by atoms with Crippen molar-refractivity contribution in [3.8, 4) is 0 Å². The van der Waals surface area contributed by atoms with Crippen LogP contribution in [-0.2, 0) is 9.59 Å². The molecule has 120 valence electrons. The van der Waals surface area contributed by atoms with Gasteiger partial charge in [0.2, 0.25) is 11.8 Å². The fourth-order valence-corrected chi connectivity index (χ4v) is 2.17. The Hall–Kier alpha value is -1.62. The van der Waals surface area contributed by atoms with Crippen molar-refractivity contribution in [1.29, 1.82) is 0 Å². The third-order valence-electron chi connectivity index (χ3n) is 2.95. The highest BCUT2D eigenvalue weighted by molar-refractivity contribution is 9.10. The Morgan fingerprint density at radius 1 is 1.32 bits per heavy atom. The van der Waals surface area contributed by atoms with Crippen LogP contribution in [0.1, 0.15) is 26.3 Å². The van der Waals surface area contributed by atoms with Crippen molar-refractivity contribution in [1.82, 2.24) is 4.90 Å². The van der Waals surface area contributed by atoms with Crippen LogP contribution in [0.4, 0.5) is 5.69 Å². The molecule has 2 amide bonds. The second kappa shape index (κ2) is 7.58. The Morgan fingerprint density at radius 2 is 1.95 bits per heavy atom. The van der Waals surface area contributed by atoms with Gasteiger partial charge in [-0.15, -0.1) is 0 Å². The Balaban J connectivity index is 2.61. The van der Waals surface area contributed by atoms with Crippen molar-refractivity contribution in [2.75, 3.05) is 18.9 Å². The largest absolute Gasteiger partial charge is 0.333 e. The lowest BCUT2D eigenvalue weighted by Gasteiger charge is -2.17. The van der Waals surface area contributed by atoms with Crippen molar-refractivity contribution in [3.63, 3.8) is 0 Å². The van der Waals surface area contributed by atoms with Gasteiger partial charge in [0.15, 0.2) is 0 Å². The molecule has 0 atom stereocenters. The zero-order valence-electron chi connectivity index (χ0n) is 13.7. The summed E-state index contributed by atoms with van der Waals surface area (Å²) in [5.74, 6) is -0.400. The van der Waals surface area contributed by atoms with Crippen molar-refractivity contribution in [2.24, 2.45) is 5.41 Å². The van der Waals surface area contributed by atoms with Gasteiger partial charge in [0, 0.05) is 17.2 Å². The molecule has 0 aliphatic carbocycles. The highest BCUT2D eigenvalue weighted by atomic mass is 79.9. The number of hydrogen-bond donors (Lipinski definition) is 1. The van der Waals surface area contributed by atoms with E-state index in [-0.39, 0.29) is 23.8 Å². The first-order valence-electron chi connectivity index (χ1n) is 7.09. The quantitative estimate of drug-likeness (QED) is 0.824. The Bertz CT molecular complexity index is 589. The molecule has 22 heavy (non-hydrogen) atoms. The van der Waals surface area contributed by atoms with Crippen LogP contribution < -0.4 is 5.32 Å². The molecule has 0 aliphatic heterocycles. The summed E-state index contributed by atoms with van der Waals surface area (Å²) in [6.07, 6.45) is 3.35. The lowest BCUT2D eigenvalue weighted by Crippen LogP contribution is -2.34. The zero-order valence-corrected chi connectivity index (χ0v) is 15.3. The molecule has 0 radical (unpaired) electrons. The number of carbonyl (C=O) groups is 2. The number of benzene rings is 1. The molecule has 1 N–H and O–H groups in total. The van der Waals surface area contributed by atoms with Crippen molar-refractivity contribution in [2.45, 2.75) is 27.7 Å². The second-order valence-corrected chi connectivity index (χ2v) is 7.32. The van der Waals surface area contributed by atoms with E-state index in [9.17, 15) is 9.59 Å². The van der Waals surface area contributed by atoms with Gasteiger partial charge in [-0.25, -0.2) is 0 Å². The molecule has 0 unspecified atom stereocenters. The highest BCUT2D eigenvalue weighted by Crippen LogP contribution is 2.20. The lowest BCUT2D eigenvalue weighted by atomic mass is 9.96. The van der Waals surface area contributed by atoms with E-state index in [0.29, 0.717) is 0 Å². The summed E-state index contributed by atoms with van der Waals surface area (Å²) >= 11 is 3.38. The van der Waals surface area contributed by atoms with Gasteiger partial charge in [0.25, 0.3) is 0 Å². The van der Waals surface area contributed by atoms with E-state index in [1.165, 1.54) is 11.0 Å². The molecule has 0 aliphatic rings. The Labute approximate surface area is 140 Å². The number of anilines is 1. The third kappa shape index (κ3) is 6.43. The van der Waals surface area contributed by atoms with Crippen LogP contribution in [0.15, 0.2) is 34.8 Å². The van der Waals surface area contributed by atoms with Crippen LogP contribution in [0.3, 0.4) is 0 Å². The zero-order chi connectivity index (χ0) is 16.9. The molecule has 0 saturated carbocycles. The number of hydrogen-bond acceptors (Lipinski definition) is 2. The van der Waals surface area contributed by atoms with Crippen LogP contribution in [0, 0.1) is 12.3 Å². The predicted octanol–water partition coefficient (Wildman–Crippen LogP) is 3.76. The van der Waals surface area contributed by atoms with Crippen LogP contribution in [0.25, 0.3) is 0 Å². The number of amides is 2. The van der Waals surface area contributed by atoms with Crippen LogP contribution in [-0.4, -0.2) is 30.3 Å². The maximum atomic E-state index is 12.0. The molecule has 0 fully saturated rings. The summed E-state index contributed by atoms with van der Waals surface area (Å²) in [6, 6.07) is 5.62. The topological polar surface area (TPSA) is 49.4 Å². The monoisotopic (exact) mass is 366 g/mol. The standard InChI is InChI=1S/C17H23BrN2O2/c1-12-10-13(18)6-7-14(12)19-15(21)11-20(5)16(22)8-9-17(2,3)4/h6-10H,11H2,1-5H3,(H,19,21)/b9-8+. The minimum atomic E-state index is -0.217.